The minimum atomic E-state index is -0.346. The first-order valence-corrected chi connectivity index (χ1v) is 4.89. The van der Waals surface area contributed by atoms with Crippen LogP contribution in [0.5, 0.6) is 0 Å². The highest BCUT2D eigenvalue weighted by atomic mass is 16.1. The van der Waals surface area contributed by atoms with Crippen LogP contribution in [0.15, 0.2) is 36.4 Å². The molecule has 0 saturated carbocycles. The summed E-state index contributed by atoms with van der Waals surface area (Å²) in [5.41, 5.74) is 6.95. The number of benzene rings is 1. The zero-order valence-electron chi connectivity index (χ0n) is 8.80. The van der Waals surface area contributed by atoms with Gasteiger partial charge in [-0.2, -0.15) is 0 Å². The van der Waals surface area contributed by atoms with E-state index in [1.54, 1.807) is 12.2 Å². The average molecular weight is 215 g/mol. The van der Waals surface area contributed by atoms with Gasteiger partial charge < -0.3 is 5.73 Å². The fraction of sp³-hybridized carbons (Fsp3) is 0.0769. The number of nitrogens with two attached hydrogens (primary N) is 1. The molecule has 0 fully saturated rings. The zero-order chi connectivity index (χ0) is 11.8. The lowest BCUT2D eigenvalue weighted by Gasteiger charge is -1.95. The van der Waals surface area contributed by atoms with E-state index in [4.69, 9.17) is 5.73 Å². The standard InChI is InChI=1S/C13H13NO2/c14-13(16)5-1-3-11-6-8-12(9-7-11)4-2-10-15/h1-4,6-10H,5H2,(H2,14,16)/b3-1?,4-2+. The summed E-state index contributed by atoms with van der Waals surface area (Å²) in [6.45, 7) is 0. The lowest BCUT2D eigenvalue weighted by molar-refractivity contribution is -0.117. The topological polar surface area (TPSA) is 60.2 Å². The third kappa shape index (κ3) is 4.37. The molecule has 0 aliphatic rings. The quantitative estimate of drug-likeness (QED) is 0.601. The number of allylic oxidation sites excluding steroid dienone is 1. The Hall–Kier alpha value is -2.16. The maximum atomic E-state index is 10.5. The van der Waals surface area contributed by atoms with E-state index in [1.165, 1.54) is 6.08 Å². The van der Waals surface area contributed by atoms with Gasteiger partial charge in [-0.1, -0.05) is 42.5 Å². The molecule has 0 aliphatic carbocycles. The van der Waals surface area contributed by atoms with Crippen molar-refractivity contribution in [1.82, 2.24) is 0 Å². The highest BCUT2D eigenvalue weighted by Gasteiger charge is 1.89. The van der Waals surface area contributed by atoms with E-state index >= 15 is 0 Å². The summed E-state index contributed by atoms with van der Waals surface area (Å²) in [4.78, 5) is 20.6. The number of rotatable bonds is 5. The summed E-state index contributed by atoms with van der Waals surface area (Å²) in [6, 6.07) is 7.60. The molecular weight excluding hydrogens is 202 g/mol. The minimum Gasteiger partial charge on any atom is -0.369 e. The van der Waals surface area contributed by atoms with E-state index in [1.807, 2.05) is 30.3 Å². The molecule has 0 unspecified atom stereocenters. The minimum absolute atomic E-state index is 0.243. The molecule has 0 spiro atoms. The van der Waals surface area contributed by atoms with Gasteiger partial charge in [0.15, 0.2) is 0 Å². The third-order valence-corrected chi connectivity index (χ3v) is 1.93. The van der Waals surface area contributed by atoms with Gasteiger partial charge >= 0.3 is 0 Å². The summed E-state index contributed by atoms with van der Waals surface area (Å²) < 4.78 is 0. The van der Waals surface area contributed by atoms with Crippen molar-refractivity contribution in [2.24, 2.45) is 5.73 Å². The smallest absolute Gasteiger partial charge is 0.221 e. The summed E-state index contributed by atoms with van der Waals surface area (Å²) >= 11 is 0. The zero-order valence-corrected chi connectivity index (χ0v) is 8.80. The third-order valence-electron chi connectivity index (χ3n) is 1.93. The van der Waals surface area contributed by atoms with Crippen LogP contribution in [0.4, 0.5) is 0 Å². The molecule has 82 valence electrons. The Balaban J connectivity index is 2.64. The Morgan fingerprint density at radius 2 is 1.69 bits per heavy atom. The van der Waals surface area contributed by atoms with Crippen LogP contribution in [0.3, 0.4) is 0 Å². The van der Waals surface area contributed by atoms with Crippen LogP contribution in [0.25, 0.3) is 12.2 Å². The molecule has 2 N–H and O–H groups in total. The normalized spacial score (nSPS) is 11.0. The fourth-order valence-electron chi connectivity index (χ4n) is 1.18. The second-order valence-electron chi connectivity index (χ2n) is 3.23. The predicted octanol–water partition coefficient (Wildman–Crippen LogP) is 1.79. The van der Waals surface area contributed by atoms with E-state index < -0.39 is 0 Å². The number of aldehydes is 1. The van der Waals surface area contributed by atoms with Gasteiger partial charge in [0.2, 0.25) is 5.91 Å². The highest BCUT2D eigenvalue weighted by Crippen LogP contribution is 2.07. The van der Waals surface area contributed by atoms with E-state index in [2.05, 4.69) is 0 Å². The highest BCUT2D eigenvalue weighted by molar-refractivity contribution is 5.76. The predicted molar refractivity (Wildman–Crippen MR) is 64.4 cm³/mol. The van der Waals surface area contributed by atoms with Crippen LogP contribution < -0.4 is 5.73 Å². The largest absolute Gasteiger partial charge is 0.369 e. The van der Waals surface area contributed by atoms with Gasteiger partial charge in [-0.25, -0.2) is 0 Å². The van der Waals surface area contributed by atoms with Gasteiger partial charge in [-0.05, 0) is 17.2 Å². The maximum Gasteiger partial charge on any atom is 0.221 e. The summed E-state index contributed by atoms with van der Waals surface area (Å²) in [5, 5.41) is 0. The van der Waals surface area contributed by atoms with Crippen molar-refractivity contribution in [3.05, 3.63) is 47.5 Å². The van der Waals surface area contributed by atoms with Crippen molar-refractivity contribution in [2.45, 2.75) is 6.42 Å². The van der Waals surface area contributed by atoms with Crippen LogP contribution in [0.2, 0.25) is 0 Å². The molecular formula is C13H13NO2. The molecule has 16 heavy (non-hydrogen) atoms. The number of carbonyl (C=O) groups is 2. The van der Waals surface area contributed by atoms with Gasteiger partial charge in [0.25, 0.3) is 0 Å². The first kappa shape index (κ1) is 11.9. The molecule has 1 rings (SSSR count). The number of carbonyl (C=O) groups excluding carboxylic acids is 2. The molecule has 3 heteroatoms. The Kier molecular flexibility index (Phi) is 4.73. The van der Waals surface area contributed by atoms with Crippen LogP contribution in [-0.2, 0) is 9.59 Å². The van der Waals surface area contributed by atoms with Gasteiger partial charge in [-0.15, -0.1) is 0 Å². The molecule has 0 heterocycles. The van der Waals surface area contributed by atoms with Crippen molar-refractivity contribution in [2.75, 3.05) is 0 Å². The lowest BCUT2D eigenvalue weighted by atomic mass is 10.1. The molecule has 0 aliphatic heterocycles. The second-order valence-corrected chi connectivity index (χ2v) is 3.23. The van der Waals surface area contributed by atoms with Gasteiger partial charge in [-0.3, -0.25) is 9.59 Å². The van der Waals surface area contributed by atoms with Crippen molar-refractivity contribution in [3.63, 3.8) is 0 Å². The Bertz CT molecular complexity index is 416. The number of hydrogen-bond acceptors (Lipinski definition) is 2. The fourth-order valence-corrected chi connectivity index (χ4v) is 1.18. The van der Waals surface area contributed by atoms with Gasteiger partial charge in [0.05, 0.1) is 0 Å². The summed E-state index contributed by atoms with van der Waals surface area (Å²) in [5.74, 6) is -0.346. The molecule has 0 radical (unpaired) electrons. The Morgan fingerprint density at radius 1 is 1.12 bits per heavy atom. The molecule has 3 nitrogen and oxygen atoms in total. The summed E-state index contributed by atoms with van der Waals surface area (Å²) in [7, 11) is 0. The van der Waals surface area contributed by atoms with Crippen LogP contribution in [0, 0.1) is 0 Å². The first-order chi connectivity index (χ1) is 7.72. The molecule has 1 amide bonds. The molecule has 1 aromatic rings. The summed E-state index contributed by atoms with van der Waals surface area (Å²) in [6.07, 6.45) is 7.70. The SMILES string of the molecule is NC(=O)CC=Cc1ccc(/C=C/C=O)cc1. The molecule has 1 aromatic carbocycles. The number of amides is 1. The monoisotopic (exact) mass is 215 g/mol. The number of primary amides is 1. The number of hydrogen-bond donors (Lipinski definition) is 1. The maximum absolute atomic E-state index is 10.5. The van der Waals surface area contributed by atoms with E-state index in [-0.39, 0.29) is 12.3 Å². The van der Waals surface area contributed by atoms with Crippen LogP contribution in [0.1, 0.15) is 17.5 Å². The Morgan fingerprint density at radius 3 is 2.19 bits per heavy atom. The Labute approximate surface area is 94.3 Å². The second kappa shape index (κ2) is 6.35. The average Bonchev–Trinajstić information content (AvgIpc) is 2.27. The molecule has 0 bridgehead atoms. The first-order valence-electron chi connectivity index (χ1n) is 4.89. The van der Waals surface area contributed by atoms with Gasteiger partial charge in [0.1, 0.15) is 6.29 Å². The van der Waals surface area contributed by atoms with Crippen LogP contribution >= 0.6 is 0 Å². The van der Waals surface area contributed by atoms with Crippen molar-refractivity contribution >= 4 is 24.3 Å². The molecule has 0 saturated heterocycles. The molecule has 0 atom stereocenters. The van der Waals surface area contributed by atoms with Crippen LogP contribution in [-0.4, -0.2) is 12.2 Å². The van der Waals surface area contributed by atoms with Crippen molar-refractivity contribution in [1.29, 1.82) is 0 Å². The van der Waals surface area contributed by atoms with E-state index in [9.17, 15) is 9.59 Å². The van der Waals surface area contributed by atoms with Crippen molar-refractivity contribution in [3.8, 4) is 0 Å². The van der Waals surface area contributed by atoms with E-state index in [0.29, 0.717) is 0 Å². The van der Waals surface area contributed by atoms with Crippen molar-refractivity contribution < 1.29 is 9.59 Å². The van der Waals surface area contributed by atoms with Gasteiger partial charge in [0, 0.05) is 6.42 Å². The van der Waals surface area contributed by atoms with E-state index in [0.717, 1.165) is 17.4 Å². The lowest BCUT2D eigenvalue weighted by Crippen LogP contribution is -2.07. The molecule has 0 aromatic heterocycles.